The van der Waals surface area contributed by atoms with E-state index >= 15 is 0 Å². The van der Waals surface area contributed by atoms with Crippen LogP contribution in [0.2, 0.25) is 0 Å². The zero-order chi connectivity index (χ0) is 20.0. The van der Waals surface area contributed by atoms with E-state index in [-0.39, 0.29) is 0 Å². The number of rotatable bonds is 7. The van der Waals surface area contributed by atoms with E-state index in [0.29, 0.717) is 0 Å². The van der Waals surface area contributed by atoms with E-state index in [2.05, 4.69) is 0 Å². The Morgan fingerprint density at radius 1 is 0.963 bits per heavy atom. The van der Waals surface area contributed by atoms with E-state index in [1.165, 1.54) is 0 Å². The number of esters is 4. The van der Waals surface area contributed by atoms with Gasteiger partial charge in [-0.15, -0.1) is 34.8 Å². The third-order valence-electron chi connectivity index (χ3n) is 3.50. The highest BCUT2D eigenvalue weighted by Crippen LogP contribution is 2.31. The maximum absolute atomic E-state index is 11.7. The molecule has 0 bridgehead atoms. The van der Waals surface area contributed by atoms with Crippen LogP contribution in [0.15, 0.2) is 0 Å². The first-order valence-electron chi connectivity index (χ1n) is 7.58. The van der Waals surface area contributed by atoms with Gasteiger partial charge in [-0.25, -0.2) is 4.79 Å². The summed E-state index contributed by atoms with van der Waals surface area (Å²) >= 11 is 16.3. The molecule has 2 fully saturated rings. The fourth-order valence-electron chi connectivity index (χ4n) is 2.46. The van der Waals surface area contributed by atoms with Crippen LogP contribution in [0.1, 0.15) is 0 Å². The van der Waals surface area contributed by atoms with E-state index in [4.69, 9.17) is 63.2 Å². The van der Waals surface area contributed by atoms with Gasteiger partial charge in [-0.2, -0.15) is 0 Å². The van der Waals surface area contributed by atoms with Crippen LogP contribution in [-0.2, 0) is 47.6 Å². The molecule has 0 unspecified atom stereocenters. The Hall–Kier alpha value is -1.33. The summed E-state index contributed by atoms with van der Waals surface area (Å²) in [7, 11) is 0. The molecule has 2 saturated heterocycles. The number of hydrogen-bond acceptors (Lipinski definition) is 10. The summed E-state index contributed by atoms with van der Waals surface area (Å²) in [6.07, 6.45) is -6.14. The van der Waals surface area contributed by atoms with Crippen LogP contribution in [0, 0.1) is 0 Å². The Balaban J connectivity index is 2.28. The molecule has 0 amide bonds. The summed E-state index contributed by atoms with van der Waals surface area (Å²) in [5.41, 5.74) is 0. The van der Waals surface area contributed by atoms with E-state index in [1.54, 1.807) is 0 Å². The monoisotopic (exact) mass is 448 g/mol. The molecule has 13 heteroatoms. The van der Waals surface area contributed by atoms with Crippen molar-refractivity contribution in [3.05, 3.63) is 0 Å². The highest BCUT2D eigenvalue weighted by Gasteiger charge is 2.54. The van der Waals surface area contributed by atoms with Gasteiger partial charge >= 0.3 is 23.9 Å². The lowest BCUT2D eigenvalue weighted by molar-refractivity contribution is -0.323. The number of carbonyl (C=O) groups excluding carboxylic acids is 4. The van der Waals surface area contributed by atoms with Gasteiger partial charge in [0.1, 0.15) is 37.0 Å². The molecule has 27 heavy (non-hydrogen) atoms. The summed E-state index contributed by atoms with van der Waals surface area (Å²) in [4.78, 5) is 46.3. The Labute approximate surface area is 168 Å². The minimum absolute atomic E-state index is 0.402. The maximum atomic E-state index is 11.7. The number of alkyl halides is 3. The van der Waals surface area contributed by atoms with Crippen LogP contribution >= 0.6 is 34.8 Å². The predicted octanol–water partition coefficient (Wildman–Crippen LogP) is -0.264. The van der Waals surface area contributed by atoms with Gasteiger partial charge in [-0.05, 0) is 0 Å². The lowest BCUT2D eigenvalue weighted by Crippen LogP contribution is -2.65. The number of carbonyl (C=O) groups is 4. The second kappa shape index (κ2) is 10.3. The third-order valence-corrected chi connectivity index (χ3v) is 4.15. The van der Waals surface area contributed by atoms with E-state index in [1.807, 2.05) is 0 Å². The fourth-order valence-corrected chi connectivity index (χ4v) is 2.67. The van der Waals surface area contributed by atoms with Crippen molar-refractivity contribution in [1.82, 2.24) is 0 Å². The minimum Gasteiger partial charge on any atom is -0.462 e. The Kier molecular flexibility index (Phi) is 8.36. The van der Waals surface area contributed by atoms with Crippen molar-refractivity contribution in [3.8, 4) is 0 Å². The molecule has 2 aliphatic heterocycles. The predicted molar refractivity (Wildman–Crippen MR) is 87.4 cm³/mol. The molecule has 2 aliphatic rings. The van der Waals surface area contributed by atoms with Crippen LogP contribution in [0.25, 0.3) is 0 Å². The number of halogens is 3. The lowest BCUT2D eigenvalue weighted by atomic mass is 9.98. The first kappa shape index (κ1) is 22.0. The van der Waals surface area contributed by atoms with Crippen LogP contribution in [0.3, 0.4) is 0 Å². The molecule has 152 valence electrons. The summed E-state index contributed by atoms with van der Waals surface area (Å²) < 4.78 is 31.2. The van der Waals surface area contributed by atoms with Crippen molar-refractivity contribution in [2.24, 2.45) is 0 Å². The summed E-state index contributed by atoms with van der Waals surface area (Å²) in [6.45, 7) is -0.807. The Morgan fingerprint density at radius 3 is 2.15 bits per heavy atom. The smallest absolute Gasteiger partial charge is 0.332 e. The summed E-state index contributed by atoms with van der Waals surface area (Å²) in [5, 5.41) is 0. The Bertz CT molecular complexity index is 585. The number of hydrogen-bond donors (Lipinski definition) is 0. The van der Waals surface area contributed by atoms with Gasteiger partial charge in [0.25, 0.3) is 0 Å². The van der Waals surface area contributed by atoms with Crippen LogP contribution < -0.4 is 0 Å². The molecular weight excluding hydrogens is 435 g/mol. The molecule has 0 aromatic heterocycles. The molecule has 0 aromatic carbocycles. The van der Waals surface area contributed by atoms with Gasteiger partial charge in [0.2, 0.25) is 0 Å². The minimum atomic E-state index is -1.33. The number of ether oxygens (including phenoxy) is 6. The van der Waals surface area contributed by atoms with Crippen molar-refractivity contribution < 1.29 is 47.6 Å². The van der Waals surface area contributed by atoms with Crippen molar-refractivity contribution >= 4 is 58.7 Å². The van der Waals surface area contributed by atoms with Crippen molar-refractivity contribution in [2.45, 2.75) is 30.7 Å². The molecular formula is C14H15Cl3O10. The van der Waals surface area contributed by atoms with E-state index in [0.717, 1.165) is 0 Å². The summed E-state index contributed by atoms with van der Waals surface area (Å²) in [5.74, 6) is -4.66. The third kappa shape index (κ3) is 5.82. The molecule has 2 heterocycles. The average Bonchev–Trinajstić information content (AvgIpc) is 2.67. The van der Waals surface area contributed by atoms with Gasteiger partial charge in [0.15, 0.2) is 24.6 Å². The zero-order valence-corrected chi connectivity index (χ0v) is 15.9. The molecule has 0 aliphatic carbocycles. The maximum Gasteiger partial charge on any atom is 0.332 e. The molecule has 2 rings (SSSR count). The molecule has 0 saturated carbocycles. The van der Waals surface area contributed by atoms with E-state index in [9.17, 15) is 19.2 Å². The van der Waals surface area contributed by atoms with Crippen molar-refractivity contribution in [3.63, 3.8) is 0 Å². The van der Waals surface area contributed by atoms with Gasteiger partial charge in [-0.3, -0.25) is 14.4 Å². The quantitative estimate of drug-likeness (QED) is 0.291. The molecule has 5 atom stereocenters. The topological polar surface area (TPSA) is 124 Å². The first-order chi connectivity index (χ1) is 12.9. The summed E-state index contributed by atoms with van der Waals surface area (Å²) in [6, 6.07) is 0. The fraction of sp³-hybridized carbons (Fsp3) is 0.714. The molecule has 0 aromatic rings. The second-order valence-electron chi connectivity index (χ2n) is 5.30. The SMILES string of the molecule is O=C(CCl)OC[C@H]1O[C@@H]2OCC(=O)O[C@@H]2[C@@H](OC(=O)CCl)[C@@H]1OC(=O)CCl. The molecule has 0 radical (unpaired) electrons. The normalized spacial score (nSPS) is 29.9. The van der Waals surface area contributed by atoms with Crippen molar-refractivity contribution in [2.75, 3.05) is 30.9 Å². The highest BCUT2D eigenvalue weighted by atomic mass is 35.5. The van der Waals surface area contributed by atoms with Gasteiger partial charge in [0.05, 0.1) is 0 Å². The van der Waals surface area contributed by atoms with Crippen LogP contribution in [0.5, 0.6) is 0 Å². The van der Waals surface area contributed by atoms with E-state index < -0.39 is 85.4 Å². The largest absolute Gasteiger partial charge is 0.462 e. The zero-order valence-electron chi connectivity index (χ0n) is 13.6. The van der Waals surface area contributed by atoms with Gasteiger partial charge in [0, 0.05) is 0 Å². The first-order valence-corrected chi connectivity index (χ1v) is 9.19. The lowest BCUT2D eigenvalue weighted by Gasteiger charge is -2.45. The molecule has 0 N–H and O–H groups in total. The average molecular weight is 450 g/mol. The van der Waals surface area contributed by atoms with Crippen LogP contribution in [0.4, 0.5) is 0 Å². The van der Waals surface area contributed by atoms with Crippen molar-refractivity contribution in [1.29, 1.82) is 0 Å². The second-order valence-corrected chi connectivity index (χ2v) is 6.10. The van der Waals surface area contributed by atoms with Gasteiger partial charge < -0.3 is 28.4 Å². The molecule has 10 nitrogen and oxygen atoms in total. The Morgan fingerprint density at radius 2 is 1.56 bits per heavy atom. The standard InChI is InChI=1S/C14H15Cl3O10/c15-1-7(18)22-4-6-11(25-8(19)2-16)12(26-9(20)3-17)13-14(24-6)23-5-10(21)27-13/h6,11-14H,1-5H2/t6-,11-,12+,13-,14+/m1/s1. The van der Waals surface area contributed by atoms with Gasteiger partial charge in [-0.1, -0.05) is 0 Å². The molecule has 0 spiro atoms. The highest BCUT2D eigenvalue weighted by molar-refractivity contribution is 6.27. The number of fused-ring (bicyclic) bond motifs is 1. The van der Waals surface area contributed by atoms with Crippen LogP contribution in [-0.4, -0.2) is 85.4 Å².